The first-order valence-electron chi connectivity index (χ1n) is 10.0. The average Bonchev–Trinajstić information content (AvgIpc) is 3.21. The summed E-state index contributed by atoms with van der Waals surface area (Å²) < 4.78 is 25.1. The minimum atomic E-state index is -0.909. The zero-order valence-corrected chi connectivity index (χ0v) is 16.8. The Morgan fingerprint density at radius 1 is 1.07 bits per heavy atom. The Bertz CT molecular complexity index is 890. The topological polar surface area (TPSA) is 64.6 Å². The van der Waals surface area contributed by atoms with Gasteiger partial charge in [0.15, 0.2) is 0 Å². The van der Waals surface area contributed by atoms with Gasteiger partial charge in [0.25, 0.3) is 0 Å². The molecule has 0 radical (unpaired) electrons. The SMILES string of the molecule is CCOC(=O)c1cc(NC(=O)C2(c3ccccc3F)CCCC2)ccc1OCC. The third-order valence-corrected chi connectivity index (χ3v) is 5.31. The van der Waals surface area contributed by atoms with E-state index >= 15 is 0 Å². The van der Waals surface area contributed by atoms with Crippen molar-refractivity contribution in [1.29, 1.82) is 0 Å². The van der Waals surface area contributed by atoms with E-state index in [2.05, 4.69) is 5.32 Å². The second-order valence-electron chi connectivity index (χ2n) is 7.09. The molecule has 6 heteroatoms. The highest BCUT2D eigenvalue weighted by atomic mass is 19.1. The van der Waals surface area contributed by atoms with Gasteiger partial charge in [0.1, 0.15) is 17.1 Å². The van der Waals surface area contributed by atoms with Crippen LogP contribution in [0.5, 0.6) is 5.75 Å². The van der Waals surface area contributed by atoms with Crippen LogP contribution < -0.4 is 10.1 Å². The molecule has 0 saturated heterocycles. The van der Waals surface area contributed by atoms with Gasteiger partial charge in [0.05, 0.1) is 18.6 Å². The highest BCUT2D eigenvalue weighted by Gasteiger charge is 2.44. The van der Waals surface area contributed by atoms with Crippen molar-refractivity contribution in [3.63, 3.8) is 0 Å². The Morgan fingerprint density at radius 3 is 2.45 bits per heavy atom. The fraction of sp³-hybridized carbons (Fsp3) is 0.391. The molecule has 0 unspecified atom stereocenters. The largest absolute Gasteiger partial charge is 0.493 e. The average molecular weight is 399 g/mol. The van der Waals surface area contributed by atoms with E-state index in [4.69, 9.17) is 9.47 Å². The molecule has 29 heavy (non-hydrogen) atoms. The quantitative estimate of drug-likeness (QED) is 0.676. The number of esters is 1. The fourth-order valence-electron chi connectivity index (χ4n) is 3.95. The van der Waals surface area contributed by atoms with Crippen molar-refractivity contribution in [3.8, 4) is 5.75 Å². The van der Waals surface area contributed by atoms with Crippen molar-refractivity contribution < 1.29 is 23.5 Å². The Hall–Kier alpha value is -2.89. The van der Waals surface area contributed by atoms with Gasteiger partial charge < -0.3 is 14.8 Å². The van der Waals surface area contributed by atoms with Gasteiger partial charge in [-0.3, -0.25) is 4.79 Å². The van der Waals surface area contributed by atoms with Crippen molar-refractivity contribution in [2.75, 3.05) is 18.5 Å². The lowest BCUT2D eigenvalue weighted by Gasteiger charge is -2.28. The lowest BCUT2D eigenvalue weighted by atomic mass is 9.77. The molecule has 0 aromatic heterocycles. The molecule has 3 rings (SSSR count). The predicted octanol–water partition coefficient (Wildman–Crippen LogP) is 4.85. The number of hydrogen-bond acceptors (Lipinski definition) is 4. The molecule has 1 aliphatic carbocycles. The van der Waals surface area contributed by atoms with Gasteiger partial charge in [-0.05, 0) is 51.0 Å². The number of halogens is 1. The molecule has 1 N–H and O–H groups in total. The second kappa shape index (κ2) is 9.07. The number of anilines is 1. The van der Waals surface area contributed by atoms with Crippen LogP contribution in [0.1, 0.15) is 55.5 Å². The number of rotatable bonds is 7. The van der Waals surface area contributed by atoms with E-state index in [9.17, 15) is 14.0 Å². The smallest absolute Gasteiger partial charge is 0.341 e. The van der Waals surface area contributed by atoms with E-state index in [0.29, 0.717) is 36.4 Å². The molecule has 0 heterocycles. The summed E-state index contributed by atoms with van der Waals surface area (Å²) in [5.41, 5.74) is 0.210. The lowest BCUT2D eigenvalue weighted by molar-refractivity contribution is -0.121. The number of ether oxygens (including phenoxy) is 2. The first kappa shape index (κ1) is 20.8. The lowest BCUT2D eigenvalue weighted by Crippen LogP contribution is -2.38. The van der Waals surface area contributed by atoms with Gasteiger partial charge in [0.2, 0.25) is 5.91 Å². The summed E-state index contributed by atoms with van der Waals surface area (Å²) in [7, 11) is 0. The number of hydrogen-bond donors (Lipinski definition) is 1. The van der Waals surface area contributed by atoms with Crippen LogP contribution in [0.15, 0.2) is 42.5 Å². The molecular weight excluding hydrogens is 373 g/mol. The van der Waals surface area contributed by atoms with Gasteiger partial charge in [-0.1, -0.05) is 31.0 Å². The highest BCUT2D eigenvalue weighted by Crippen LogP contribution is 2.43. The molecule has 154 valence electrons. The zero-order chi connectivity index (χ0) is 20.9. The van der Waals surface area contributed by atoms with Gasteiger partial charge in [0, 0.05) is 11.3 Å². The Morgan fingerprint density at radius 2 is 1.79 bits per heavy atom. The van der Waals surface area contributed by atoms with Crippen molar-refractivity contribution in [2.24, 2.45) is 0 Å². The standard InChI is InChI=1S/C23H26FNO4/c1-3-28-20-12-11-16(15-17(20)21(26)29-4-2)25-22(27)23(13-7-8-14-23)18-9-5-6-10-19(18)24/h5-6,9-12,15H,3-4,7-8,13-14H2,1-2H3,(H,25,27). The van der Waals surface area contributed by atoms with Crippen molar-refractivity contribution in [3.05, 3.63) is 59.4 Å². The van der Waals surface area contributed by atoms with E-state index in [0.717, 1.165) is 12.8 Å². The van der Waals surface area contributed by atoms with Crippen LogP contribution in [-0.2, 0) is 14.9 Å². The molecule has 1 saturated carbocycles. The van der Waals surface area contributed by atoms with Crippen LogP contribution in [0.3, 0.4) is 0 Å². The fourth-order valence-corrected chi connectivity index (χ4v) is 3.95. The molecule has 0 atom stereocenters. The second-order valence-corrected chi connectivity index (χ2v) is 7.09. The summed E-state index contributed by atoms with van der Waals surface area (Å²) in [6.07, 6.45) is 2.89. The molecule has 0 bridgehead atoms. The van der Waals surface area contributed by atoms with E-state index in [1.807, 2.05) is 6.92 Å². The molecule has 0 spiro atoms. The third-order valence-electron chi connectivity index (χ3n) is 5.31. The maximum Gasteiger partial charge on any atom is 0.341 e. The Balaban J connectivity index is 1.92. The van der Waals surface area contributed by atoms with E-state index in [1.165, 1.54) is 6.07 Å². The summed E-state index contributed by atoms with van der Waals surface area (Å²) >= 11 is 0. The summed E-state index contributed by atoms with van der Waals surface area (Å²) in [5, 5.41) is 2.89. The zero-order valence-electron chi connectivity index (χ0n) is 16.8. The van der Waals surface area contributed by atoms with E-state index in [1.54, 1.807) is 43.3 Å². The molecular formula is C23H26FNO4. The van der Waals surface area contributed by atoms with Crippen molar-refractivity contribution >= 4 is 17.6 Å². The Labute approximate surface area is 170 Å². The number of carbonyl (C=O) groups is 2. The minimum Gasteiger partial charge on any atom is -0.493 e. The van der Waals surface area contributed by atoms with E-state index < -0.39 is 11.4 Å². The maximum absolute atomic E-state index is 14.5. The van der Waals surface area contributed by atoms with Gasteiger partial charge in [-0.15, -0.1) is 0 Å². The van der Waals surface area contributed by atoms with Gasteiger partial charge in [-0.25, -0.2) is 9.18 Å². The first-order valence-corrected chi connectivity index (χ1v) is 10.0. The number of amides is 1. The predicted molar refractivity (Wildman–Crippen MR) is 109 cm³/mol. The molecule has 5 nitrogen and oxygen atoms in total. The molecule has 1 amide bonds. The van der Waals surface area contributed by atoms with E-state index in [-0.39, 0.29) is 23.9 Å². The minimum absolute atomic E-state index is 0.234. The van der Waals surface area contributed by atoms with Crippen LogP contribution in [-0.4, -0.2) is 25.1 Å². The number of nitrogens with one attached hydrogen (secondary N) is 1. The van der Waals surface area contributed by atoms with Crippen molar-refractivity contribution in [1.82, 2.24) is 0 Å². The summed E-state index contributed by atoms with van der Waals surface area (Å²) in [5.74, 6) is -0.757. The van der Waals surface area contributed by atoms with Crippen LogP contribution >= 0.6 is 0 Å². The summed E-state index contributed by atoms with van der Waals surface area (Å²) in [4.78, 5) is 25.6. The number of carbonyl (C=O) groups excluding carboxylic acids is 2. The highest BCUT2D eigenvalue weighted by molar-refractivity contribution is 6.01. The molecule has 1 fully saturated rings. The van der Waals surface area contributed by atoms with Crippen LogP contribution in [0.4, 0.5) is 10.1 Å². The summed E-state index contributed by atoms with van der Waals surface area (Å²) in [6.45, 7) is 4.18. The molecule has 1 aliphatic rings. The van der Waals surface area contributed by atoms with Gasteiger partial charge in [-0.2, -0.15) is 0 Å². The number of benzene rings is 2. The molecule has 2 aromatic carbocycles. The third kappa shape index (κ3) is 4.26. The van der Waals surface area contributed by atoms with Crippen LogP contribution in [0, 0.1) is 5.82 Å². The van der Waals surface area contributed by atoms with Crippen LogP contribution in [0.25, 0.3) is 0 Å². The summed E-state index contributed by atoms with van der Waals surface area (Å²) in [6, 6.07) is 11.3. The normalized spacial score (nSPS) is 15.0. The Kier molecular flexibility index (Phi) is 6.52. The van der Waals surface area contributed by atoms with Gasteiger partial charge >= 0.3 is 5.97 Å². The maximum atomic E-state index is 14.5. The first-order chi connectivity index (χ1) is 14.0. The van der Waals surface area contributed by atoms with Crippen LogP contribution in [0.2, 0.25) is 0 Å². The molecule has 0 aliphatic heterocycles. The molecule has 2 aromatic rings. The van der Waals surface area contributed by atoms with Crippen molar-refractivity contribution in [2.45, 2.75) is 44.9 Å². The monoisotopic (exact) mass is 399 g/mol.